The molecule has 0 aromatic heterocycles. The Balaban J connectivity index is 2.11. The minimum Gasteiger partial charge on any atom is -0.322 e. The van der Waals surface area contributed by atoms with Crippen molar-refractivity contribution in [3.63, 3.8) is 0 Å². The smallest absolute Gasteiger partial charge is 0.227 e. The second kappa shape index (κ2) is 5.80. The number of benzene rings is 1. The fourth-order valence-electron chi connectivity index (χ4n) is 2.24. The monoisotopic (exact) mass is 314 g/mol. The van der Waals surface area contributed by atoms with Gasteiger partial charge in [-0.05, 0) is 53.5 Å². The minimum atomic E-state index is -0.417. The highest BCUT2D eigenvalue weighted by atomic mass is 79.9. The highest BCUT2D eigenvalue weighted by Crippen LogP contribution is 2.27. The van der Waals surface area contributed by atoms with Crippen LogP contribution in [0.25, 0.3) is 0 Å². The topological polar surface area (TPSA) is 41.1 Å². The Kier molecular flexibility index (Phi) is 4.35. The van der Waals surface area contributed by atoms with E-state index in [1.165, 1.54) is 6.07 Å². The van der Waals surface area contributed by atoms with Gasteiger partial charge in [-0.15, -0.1) is 0 Å². The number of carbonyl (C=O) groups is 1. The van der Waals surface area contributed by atoms with Gasteiger partial charge in [0.15, 0.2) is 0 Å². The van der Waals surface area contributed by atoms with Crippen molar-refractivity contribution in [2.75, 3.05) is 18.4 Å². The summed E-state index contributed by atoms with van der Waals surface area (Å²) in [7, 11) is 0. The van der Waals surface area contributed by atoms with E-state index in [1.807, 2.05) is 6.92 Å². The lowest BCUT2D eigenvalue weighted by atomic mass is 9.87. The summed E-state index contributed by atoms with van der Waals surface area (Å²) in [5.74, 6) is -0.309. The molecule has 1 fully saturated rings. The molecule has 1 saturated heterocycles. The zero-order valence-corrected chi connectivity index (χ0v) is 11.8. The molecule has 0 radical (unpaired) electrons. The largest absolute Gasteiger partial charge is 0.322 e. The molecule has 5 heteroatoms. The van der Waals surface area contributed by atoms with Gasteiger partial charge >= 0.3 is 0 Å². The lowest BCUT2D eigenvalue weighted by Crippen LogP contribution is -2.41. The summed E-state index contributed by atoms with van der Waals surface area (Å²) in [5, 5.41) is 5.93. The zero-order chi connectivity index (χ0) is 13.1. The molecule has 1 amide bonds. The number of piperidine rings is 1. The lowest BCUT2D eigenvalue weighted by Gasteiger charge is -2.28. The van der Waals surface area contributed by atoms with Crippen LogP contribution in [0.5, 0.6) is 0 Å². The molecule has 98 valence electrons. The van der Waals surface area contributed by atoms with Crippen LogP contribution in [-0.2, 0) is 4.79 Å². The number of hydrogen-bond donors (Lipinski definition) is 2. The fourth-order valence-corrected chi connectivity index (χ4v) is 2.68. The first kappa shape index (κ1) is 13.5. The molecule has 3 nitrogen and oxygen atoms in total. The van der Waals surface area contributed by atoms with Gasteiger partial charge in [0.1, 0.15) is 5.82 Å². The van der Waals surface area contributed by atoms with E-state index in [-0.39, 0.29) is 23.4 Å². The molecule has 1 aromatic rings. The van der Waals surface area contributed by atoms with E-state index in [4.69, 9.17) is 0 Å². The van der Waals surface area contributed by atoms with Crippen molar-refractivity contribution in [1.29, 1.82) is 0 Å². The molecule has 18 heavy (non-hydrogen) atoms. The molecule has 2 rings (SSSR count). The Labute approximate surface area is 114 Å². The highest BCUT2D eigenvalue weighted by Gasteiger charge is 2.28. The number of para-hydroxylation sites is 1. The maximum atomic E-state index is 13.6. The predicted octanol–water partition coefficient (Wildman–Crippen LogP) is 2.77. The van der Waals surface area contributed by atoms with Crippen LogP contribution in [0.2, 0.25) is 0 Å². The molecule has 2 unspecified atom stereocenters. The number of carbonyl (C=O) groups excluding carboxylic acids is 1. The number of nitrogens with one attached hydrogen (secondary N) is 2. The van der Waals surface area contributed by atoms with Gasteiger partial charge in [0.2, 0.25) is 5.91 Å². The summed E-state index contributed by atoms with van der Waals surface area (Å²) in [6.07, 6.45) is 0.791. The SMILES string of the molecule is CC1CNCCC1C(=O)Nc1c(F)cccc1Br. The van der Waals surface area contributed by atoms with Crippen molar-refractivity contribution in [1.82, 2.24) is 5.32 Å². The summed E-state index contributed by atoms with van der Waals surface area (Å²) in [4.78, 5) is 12.2. The normalized spacial score (nSPS) is 23.7. The quantitative estimate of drug-likeness (QED) is 0.881. The van der Waals surface area contributed by atoms with Gasteiger partial charge in [0, 0.05) is 10.4 Å². The molecule has 0 spiro atoms. The number of hydrogen-bond acceptors (Lipinski definition) is 2. The van der Waals surface area contributed by atoms with Gasteiger partial charge in [0.25, 0.3) is 0 Å². The molecule has 0 bridgehead atoms. The number of halogens is 2. The minimum absolute atomic E-state index is 0.0576. The van der Waals surface area contributed by atoms with Gasteiger partial charge in [0.05, 0.1) is 5.69 Å². The molecule has 1 heterocycles. The van der Waals surface area contributed by atoms with Gasteiger partial charge in [-0.25, -0.2) is 4.39 Å². The zero-order valence-electron chi connectivity index (χ0n) is 10.2. The Morgan fingerprint density at radius 1 is 1.56 bits per heavy atom. The predicted molar refractivity (Wildman–Crippen MR) is 72.9 cm³/mol. The van der Waals surface area contributed by atoms with Crippen LogP contribution in [0.3, 0.4) is 0 Å². The van der Waals surface area contributed by atoms with E-state index < -0.39 is 5.82 Å². The van der Waals surface area contributed by atoms with E-state index in [0.717, 1.165) is 19.5 Å². The summed E-state index contributed by atoms with van der Waals surface area (Å²) in [6.45, 7) is 3.70. The van der Waals surface area contributed by atoms with Crippen LogP contribution >= 0.6 is 15.9 Å². The molecule has 2 N–H and O–H groups in total. The summed E-state index contributed by atoms with van der Waals surface area (Å²) < 4.78 is 14.2. The molecule has 1 aromatic carbocycles. The Hall–Kier alpha value is -0.940. The van der Waals surface area contributed by atoms with Gasteiger partial charge in [-0.3, -0.25) is 4.79 Å². The second-order valence-corrected chi connectivity index (χ2v) is 5.52. The first-order valence-electron chi connectivity index (χ1n) is 6.05. The van der Waals surface area contributed by atoms with Crippen molar-refractivity contribution in [2.24, 2.45) is 11.8 Å². The van der Waals surface area contributed by atoms with Crippen molar-refractivity contribution in [3.05, 3.63) is 28.5 Å². The van der Waals surface area contributed by atoms with Crippen LogP contribution < -0.4 is 10.6 Å². The molecule has 0 saturated carbocycles. The second-order valence-electron chi connectivity index (χ2n) is 4.66. The number of anilines is 1. The Morgan fingerprint density at radius 3 is 3.00 bits per heavy atom. The van der Waals surface area contributed by atoms with Gasteiger partial charge in [-0.1, -0.05) is 13.0 Å². The van der Waals surface area contributed by atoms with Crippen LogP contribution in [0, 0.1) is 17.7 Å². The Morgan fingerprint density at radius 2 is 2.33 bits per heavy atom. The van der Waals surface area contributed by atoms with Gasteiger partial charge < -0.3 is 10.6 Å². The lowest BCUT2D eigenvalue weighted by molar-refractivity contribution is -0.122. The van der Waals surface area contributed by atoms with E-state index in [9.17, 15) is 9.18 Å². The third-order valence-electron chi connectivity index (χ3n) is 3.33. The average molecular weight is 315 g/mol. The maximum Gasteiger partial charge on any atom is 0.227 e. The van der Waals surface area contributed by atoms with E-state index >= 15 is 0 Å². The van der Waals surface area contributed by atoms with Gasteiger partial charge in [-0.2, -0.15) is 0 Å². The third kappa shape index (κ3) is 2.90. The van der Waals surface area contributed by atoms with Crippen LogP contribution in [0.4, 0.5) is 10.1 Å². The van der Waals surface area contributed by atoms with Crippen molar-refractivity contribution < 1.29 is 9.18 Å². The van der Waals surface area contributed by atoms with Crippen LogP contribution in [-0.4, -0.2) is 19.0 Å². The molecule has 1 aliphatic rings. The number of amides is 1. The van der Waals surface area contributed by atoms with Crippen LogP contribution in [0.15, 0.2) is 22.7 Å². The Bertz CT molecular complexity index is 432. The average Bonchev–Trinajstić information content (AvgIpc) is 2.34. The fraction of sp³-hybridized carbons (Fsp3) is 0.462. The molecular weight excluding hydrogens is 299 g/mol. The van der Waals surface area contributed by atoms with Crippen molar-refractivity contribution in [2.45, 2.75) is 13.3 Å². The first-order valence-corrected chi connectivity index (χ1v) is 6.84. The van der Waals surface area contributed by atoms with E-state index in [1.54, 1.807) is 12.1 Å². The summed E-state index contributed by atoms with van der Waals surface area (Å²) in [6, 6.07) is 4.65. The standard InChI is InChI=1S/C13H16BrFN2O/c1-8-7-16-6-5-9(8)13(18)17-12-10(14)3-2-4-11(12)15/h2-4,8-9,16H,5-7H2,1H3,(H,17,18). The van der Waals surface area contributed by atoms with Crippen LogP contribution in [0.1, 0.15) is 13.3 Å². The molecule has 0 aliphatic carbocycles. The van der Waals surface area contributed by atoms with Crippen molar-refractivity contribution >= 4 is 27.5 Å². The highest BCUT2D eigenvalue weighted by molar-refractivity contribution is 9.10. The third-order valence-corrected chi connectivity index (χ3v) is 3.99. The maximum absolute atomic E-state index is 13.6. The van der Waals surface area contributed by atoms with E-state index in [2.05, 4.69) is 26.6 Å². The molecule has 1 aliphatic heterocycles. The van der Waals surface area contributed by atoms with Crippen molar-refractivity contribution in [3.8, 4) is 0 Å². The molecule has 2 atom stereocenters. The summed E-state index contributed by atoms with van der Waals surface area (Å²) >= 11 is 3.25. The number of rotatable bonds is 2. The first-order chi connectivity index (χ1) is 8.59. The van der Waals surface area contributed by atoms with E-state index in [0.29, 0.717) is 4.47 Å². The molecular formula is C13H16BrFN2O. The summed E-state index contributed by atoms with van der Waals surface area (Å²) in [5.41, 5.74) is 0.230.